The molecule has 17 heavy (non-hydrogen) atoms. The van der Waals surface area contributed by atoms with E-state index in [-0.39, 0.29) is 12.5 Å². The fraction of sp³-hybridized carbons (Fsp3) is 0.308. The number of aromatic nitrogens is 1. The fourth-order valence-electron chi connectivity index (χ4n) is 2.01. The van der Waals surface area contributed by atoms with Gasteiger partial charge in [0.05, 0.1) is 12.1 Å². The van der Waals surface area contributed by atoms with E-state index in [1.54, 1.807) is 13.0 Å². The van der Waals surface area contributed by atoms with Gasteiger partial charge in [-0.15, -0.1) is 0 Å². The zero-order valence-corrected chi connectivity index (χ0v) is 9.93. The number of aromatic hydroxyl groups is 1. The van der Waals surface area contributed by atoms with Crippen LogP contribution < -0.4 is 0 Å². The summed E-state index contributed by atoms with van der Waals surface area (Å²) < 4.78 is 6.16. The number of hydrogen-bond acceptors (Lipinski definition) is 3. The van der Waals surface area contributed by atoms with Crippen LogP contribution in [0.25, 0.3) is 10.9 Å². The highest BCUT2D eigenvalue weighted by molar-refractivity contribution is 5.94. The Hall–Kier alpha value is -1.97. The Morgan fingerprint density at radius 1 is 1.35 bits per heavy atom. The number of fused-ring (bicyclic) bond motifs is 1. The normalized spacial score (nSPS) is 10.7. The number of rotatable bonds is 2. The molecule has 0 aliphatic rings. The van der Waals surface area contributed by atoms with Crippen LogP contribution in [0.15, 0.2) is 24.3 Å². The van der Waals surface area contributed by atoms with Crippen LogP contribution in [0.5, 0.6) is 5.88 Å². The van der Waals surface area contributed by atoms with Crippen molar-refractivity contribution >= 4 is 17.0 Å². The van der Waals surface area contributed by atoms with Crippen LogP contribution in [0.1, 0.15) is 19.4 Å². The molecule has 0 saturated heterocycles. The van der Waals surface area contributed by atoms with E-state index >= 15 is 0 Å². The third-order valence-electron chi connectivity index (χ3n) is 2.76. The minimum Gasteiger partial charge on any atom is -0.494 e. The molecule has 2 aromatic rings. The minimum absolute atomic E-state index is 0.0212. The maximum absolute atomic E-state index is 11.8. The highest BCUT2D eigenvalue weighted by Gasteiger charge is 2.20. The number of para-hydroxylation sites is 1. The second kappa shape index (κ2) is 4.49. The van der Waals surface area contributed by atoms with E-state index in [4.69, 9.17) is 4.74 Å². The Kier molecular flexibility index (Phi) is 3.04. The second-order valence-corrected chi connectivity index (χ2v) is 3.71. The van der Waals surface area contributed by atoms with Crippen LogP contribution >= 0.6 is 0 Å². The van der Waals surface area contributed by atoms with E-state index in [1.807, 2.05) is 25.1 Å². The molecular formula is C13H15NO3. The molecular weight excluding hydrogens is 218 g/mol. The van der Waals surface area contributed by atoms with Crippen molar-refractivity contribution in [2.45, 2.75) is 20.3 Å². The molecule has 0 bridgehead atoms. The predicted molar refractivity (Wildman–Crippen MR) is 65.4 cm³/mol. The van der Waals surface area contributed by atoms with Gasteiger partial charge in [0.25, 0.3) is 0 Å². The summed E-state index contributed by atoms with van der Waals surface area (Å²) in [6.45, 7) is 3.96. The molecule has 0 unspecified atom stereocenters. The first kappa shape index (κ1) is 11.5. The highest BCUT2D eigenvalue weighted by Crippen LogP contribution is 2.31. The number of carbonyl (C=O) groups is 1. The standard InChI is InChI=1S/C13H15NO3/c1-3-9-10-7-5-6-8-11(10)14(12(9)15)13(16)17-4-2/h5-8,15H,3-4H2,1-2H3. The van der Waals surface area contributed by atoms with Crippen LogP contribution in [0.3, 0.4) is 0 Å². The first-order valence-corrected chi connectivity index (χ1v) is 5.69. The van der Waals surface area contributed by atoms with E-state index in [0.29, 0.717) is 11.9 Å². The quantitative estimate of drug-likeness (QED) is 0.867. The topological polar surface area (TPSA) is 51.5 Å². The summed E-state index contributed by atoms with van der Waals surface area (Å²) in [7, 11) is 0. The van der Waals surface area contributed by atoms with Crippen molar-refractivity contribution in [3.05, 3.63) is 29.8 Å². The van der Waals surface area contributed by atoms with Crippen LogP contribution in [-0.4, -0.2) is 22.4 Å². The summed E-state index contributed by atoms with van der Waals surface area (Å²) in [5, 5.41) is 11.0. The predicted octanol–water partition coefficient (Wildman–Crippen LogP) is 2.91. The van der Waals surface area contributed by atoms with Gasteiger partial charge in [0.2, 0.25) is 5.88 Å². The largest absolute Gasteiger partial charge is 0.494 e. The molecule has 0 aliphatic heterocycles. The molecule has 2 rings (SSSR count). The molecule has 0 spiro atoms. The lowest BCUT2D eigenvalue weighted by atomic mass is 10.1. The van der Waals surface area contributed by atoms with Crippen molar-refractivity contribution in [1.82, 2.24) is 4.57 Å². The van der Waals surface area contributed by atoms with E-state index in [9.17, 15) is 9.90 Å². The first-order chi connectivity index (χ1) is 8.20. The molecule has 0 aliphatic carbocycles. The van der Waals surface area contributed by atoms with Crippen molar-refractivity contribution in [3.63, 3.8) is 0 Å². The van der Waals surface area contributed by atoms with Gasteiger partial charge in [-0.2, -0.15) is 0 Å². The average Bonchev–Trinajstić information content (AvgIpc) is 2.61. The third-order valence-corrected chi connectivity index (χ3v) is 2.76. The van der Waals surface area contributed by atoms with Gasteiger partial charge in [-0.3, -0.25) is 0 Å². The van der Waals surface area contributed by atoms with Crippen LogP contribution in [0.4, 0.5) is 4.79 Å². The number of carbonyl (C=O) groups excluding carboxylic acids is 1. The Morgan fingerprint density at radius 3 is 2.71 bits per heavy atom. The number of nitrogens with zero attached hydrogens (tertiary/aromatic N) is 1. The van der Waals surface area contributed by atoms with Gasteiger partial charge < -0.3 is 9.84 Å². The van der Waals surface area contributed by atoms with Gasteiger partial charge in [0.15, 0.2) is 0 Å². The molecule has 0 atom stereocenters. The summed E-state index contributed by atoms with van der Waals surface area (Å²) in [4.78, 5) is 11.8. The number of ether oxygens (including phenoxy) is 1. The van der Waals surface area contributed by atoms with Gasteiger partial charge in [-0.25, -0.2) is 9.36 Å². The fourth-order valence-corrected chi connectivity index (χ4v) is 2.01. The molecule has 0 saturated carbocycles. The molecule has 4 heteroatoms. The third kappa shape index (κ3) is 1.75. The van der Waals surface area contributed by atoms with Gasteiger partial charge in [-0.1, -0.05) is 25.1 Å². The van der Waals surface area contributed by atoms with E-state index < -0.39 is 6.09 Å². The Balaban J connectivity index is 2.70. The smallest absolute Gasteiger partial charge is 0.421 e. The van der Waals surface area contributed by atoms with Crippen LogP contribution in [0, 0.1) is 0 Å². The summed E-state index contributed by atoms with van der Waals surface area (Å²) in [6.07, 6.45) is 0.125. The maximum Gasteiger partial charge on any atom is 0.421 e. The van der Waals surface area contributed by atoms with E-state index in [2.05, 4.69) is 0 Å². The first-order valence-electron chi connectivity index (χ1n) is 5.69. The molecule has 1 heterocycles. The second-order valence-electron chi connectivity index (χ2n) is 3.71. The molecule has 1 aromatic heterocycles. The van der Waals surface area contributed by atoms with Gasteiger partial charge >= 0.3 is 6.09 Å². The van der Waals surface area contributed by atoms with Crippen molar-refractivity contribution in [1.29, 1.82) is 0 Å². The summed E-state index contributed by atoms with van der Waals surface area (Å²) in [6, 6.07) is 7.40. The zero-order valence-electron chi connectivity index (χ0n) is 9.93. The molecule has 90 valence electrons. The summed E-state index contributed by atoms with van der Waals surface area (Å²) in [5.41, 5.74) is 1.45. The zero-order chi connectivity index (χ0) is 12.4. The Bertz CT molecular complexity index is 557. The maximum atomic E-state index is 11.8. The van der Waals surface area contributed by atoms with Crippen molar-refractivity contribution < 1.29 is 14.6 Å². The lowest BCUT2D eigenvalue weighted by Crippen LogP contribution is -2.12. The molecule has 1 aromatic carbocycles. The molecule has 0 amide bonds. The van der Waals surface area contributed by atoms with Crippen LogP contribution in [0.2, 0.25) is 0 Å². The lowest BCUT2D eigenvalue weighted by Gasteiger charge is -2.05. The molecule has 1 N–H and O–H groups in total. The lowest BCUT2D eigenvalue weighted by molar-refractivity contribution is 0.152. The monoisotopic (exact) mass is 233 g/mol. The highest BCUT2D eigenvalue weighted by atomic mass is 16.5. The van der Waals surface area contributed by atoms with Gasteiger partial charge in [-0.05, 0) is 19.4 Å². The molecule has 0 radical (unpaired) electrons. The van der Waals surface area contributed by atoms with Crippen molar-refractivity contribution in [2.75, 3.05) is 6.61 Å². The van der Waals surface area contributed by atoms with Crippen LogP contribution in [-0.2, 0) is 11.2 Å². The summed E-state index contributed by atoms with van der Waals surface area (Å²) in [5.74, 6) is -0.0212. The average molecular weight is 233 g/mol. The summed E-state index contributed by atoms with van der Waals surface area (Å²) >= 11 is 0. The van der Waals surface area contributed by atoms with Crippen molar-refractivity contribution in [3.8, 4) is 5.88 Å². The molecule has 4 nitrogen and oxygen atoms in total. The van der Waals surface area contributed by atoms with E-state index in [1.165, 1.54) is 4.57 Å². The number of hydrogen-bond donors (Lipinski definition) is 1. The van der Waals surface area contributed by atoms with Gasteiger partial charge in [0, 0.05) is 10.9 Å². The number of benzene rings is 1. The van der Waals surface area contributed by atoms with Gasteiger partial charge in [0.1, 0.15) is 0 Å². The van der Waals surface area contributed by atoms with E-state index in [0.717, 1.165) is 10.9 Å². The minimum atomic E-state index is -0.541. The SMILES string of the molecule is CCOC(=O)n1c(O)c(CC)c2ccccc21. The van der Waals surface area contributed by atoms with Crippen molar-refractivity contribution in [2.24, 2.45) is 0 Å². The molecule has 0 fully saturated rings. The number of aryl methyl sites for hydroxylation is 1. The Labute approximate surface area is 99.4 Å². The Morgan fingerprint density at radius 2 is 2.06 bits per heavy atom.